The molecule has 0 amide bonds. The molecule has 0 aromatic heterocycles. The van der Waals surface area contributed by atoms with Crippen LogP contribution in [0.25, 0.3) is 11.1 Å². The maximum Gasteiger partial charge on any atom is 0.0426 e. The molecule has 0 saturated heterocycles. The fourth-order valence-electron chi connectivity index (χ4n) is 2.00. The van der Waals surface area contributed by atoms with Crippen molar-refractivity contribution >= 4 is 23.2 Å². The summed E-state index contributed by atoms with van der Waals surface area (Å²) in [5.74, 6) is 0. The highest BCUT2D eigenvalue weighted by Crippen LogP contribution is 2.31. The molecule has 1 atom stereocenters. The maximum absolute atomic E-state index is 6.07. The third-order valence-electron chi connectivity index (χ3n) is 3.03. The normalized spacial score (nSPS) is 12.4. The molecule has 0 heterocycles. The molecule has 1 N–H and O–H groups in total. The average Bonchev–Trinajstić information content (AvgIpc) is 2.36. The molecular weight excluding hydrogens is 265 g/mol. The lowest BCUT2D eigenvalue weighted by molar-refractivity contribution is 0.654. The van der Waals surface area contributed by atoms with Crippen LogP contribution in [-0.4, -0.2) is 7.05 Å². The van der Waals surface area contributed by atoms with E-state index in [0.29, 0.717) is 10.0 Å². The van der Waals surface area contributed by atoms with Gasteiger partial charge in [-0.1, -0.05) is 47.5 Å². The predicted octanol–water partition coefficient (Wildman–Crippen LogP) is 4.94. The summed E-state index contributed by atoms with van der Waals surface area (Å²) < 4.78 is 0. The van der Waals surface area contributed by atoms with Gasteiger partial charge in [-0.3, -0.25) is 0 Å². The zero-order valence-corrected chi connectivity index (χ0v) is 11.9. The van der Waals surface area contributed by atoms with E-state index in [9.17, 15) is 0 Å². The first kappa shape index (κ1) is 13.4. The van der Waals surface area contributed by atoms with Gasteiger partial charge >= 0.3 is 0 Å². The highest BCUT2D eigenvalue weighted by molar-refractivity contribution is 6.35. The van der Waals surface area contributed by atoms with Crippen molar-refractivity contribution in [2.75, 3.05) is 7.05 Å². The Balaban J connectivity index is 2.56. The van der Waals surface area contributed by atoms with Crippen molar-refractivity contribution < 1.29 is 0 Å². The van der Waals surface area contributed by atoms with Crippen LogP contribution < -0.4 is 5.32 Å². The molecule has 18 heavy (non-hydrogen) atoms. The van der Waals surface area contributed by atoms with Gasteiger partial charge in [-0.15, -0.1) is 0 Å². The van der Waals surface area contributed by atoms with Crippen LogP contribution in [0.2, 0.25) is 10.0 Å². The number of halogens is 2. The zero-order valence-electron chi connectivity index (χ0n) is 10.4. The second kappa shape index (κ2) is 5.75. The Morgan fingerprint density at radius 2 is 1.61 bits per heavy atom. The van der Waals surface area contributed by atoms with Crippen molar-refractivity contribution in [1.29, 1.82) is 0 Å². The predicted molar refractivity (Wildman–Crippen MR) is 79.4 cm³/mol. The molecule has 2 rings (SSSR count). The average molecular weight is 280 g/mol. The van der Waals surface area contributed by atoms with Gasteiger partial charge in [-0.25, -0.2) is 0 Å². The molecule has 1 nitrogen and oxygen atoms in total. The van der Waals surface area contributed by atoms with E-state index in [4.69, 9.17) is 23.2 Å². The van der Waals surface area contributed by atoms with Crippen LogP contribution in [-0.2, 0) is 0 Å². The quantitative estimate of drug-likeness (QED) is 0.839. The summed E-state index contributed by atoms with van der Waals surface area (Å²) in [4.78, 5) is 0. The van der Waals surface area contributed by atoms with Gasteiger partial charge in [0.1, 0.15) is 0 Å². The number of rotatable bonds is 3. The summed E-state index contributed by atoms with van der Waals surface area (Å²) in [6, 6.07) is 14.2. The lowest BCUT2D eigenvalue weighted by atomic mass is 9.96. The Labute approximate surface area is 118 Å². The van der Waals surface area contributed by atoms with E-state index >= 15 is 0 Å². The van der Waals surface area contributed by atoms with Crippen molar-refractivity contribution in [1.82, 2.24) is 5.32 Å². The first-order chi connectivity index (χ1) is 8.61. The molecule has 0 spiro atoms. The standard InChI is InChI=1S/C15H15Cl2N/c1-10(18-2)14-5-3-4-6-15(14)11-7-12(16)9-13(17)8-11/h3-10,18H,1-2H3. The Morgan fingerprint density at radius 3 is 2.22 bits per heavy atom. The highest BCUT2D eigenvalue weighted by Gasteiger charge is 2.10. The molecule has 0 saturated carbocycles. The van der Waals surface area contributed by atoms with Crippen LogP contribution in [0.4, 0.5) is 0 Å². The van der Waals surface area contributed by atoms with Crippen LogP contribution in [0.1, 0.15) is 18.5 Å². The zero-order chi connectivity index (χ0) is 13.1. The van der Waals surface area contributed by atoms with Gasteiger partial charge in [-0.2, -0.15) is 0 Å². The van der Waals surface area contributed by atoms with Gasteiger partial charge in [0.05, 0.1) is 0 Å². The second-order valence-corrected chi connectivity index (χ2v) is 5.13. The Morgan fingerprint density at radius 1 is 1.00 bits per heavy atom. The minimum atomic E-state index is 0.277. The molecule has 0 aliphatic carbocycles. The monoisotopic (exact) mass is 279 g/mol. The van der Waals surface area contributed by atoms with Crippen LogP contribution in [0.3, 0.4) is 0 Å². The van der Waals surface area contributed by atoms with E-state index in [-0.39, 0.29) is 6.04 Å². The van der Waals surface area contributed by atoms with Crippen molar-refractivity contribution in [3.8, 4) is 11.1 Å². The number of hydrogen-bond acceptors (Lipinski definition) is 1. The summed E-state index contributed by atoms with van der Waals surface area (Å²) >= 11 is 12.1. The molecule has 0 aliphatic rings. The fraction of sp³-hybridized carbons (Fsp3) is 0.200. The Hall–Kier alpha value is -1.02. The molecule has 0 fully saturated rings. The van der Waals surface area contributed by atoms with Gasteiger partial charge in [0.2, 0.25) is 0 Å². The highest BCUT2D eigenvalue weighted by atomic mass is 35.5. The molecule has 2 aromatic rings. The molecule has 2 aromatic carbocycles. The van der Waals surface area contributed by atoms with E-state index in [0.717, 1.165) is 11.1 Å². The smallest absolute Gasteiger partial charge is 0.0426 e. The second-order valence-electron chi connectivity index (χ2n) is 4.26. The summed E-state index contributed by atoms with van der Waals surface area (Å²) in [6.07, 6.45) is 0. The van der Waals surface area contributed by atoms with E-state index in [1.807, 2.05) is 31.3 Å². The fourth-order valence-corrected chi connectivity index (χ4v) is 2.53. The summed E-state index contributed by atoms with van der Waals surface area (Å²) in [5.41, 5.74) is 3.44. The van der Waals surface area contributed by atoms with Gasteiger partial charge < -0.3 is 5.32 Å². The largest absolute Gasteiger partial charge is 0.313 e. The van der Waals surface area contributed by atoms with Crippen molar-refractivity contribution in [3.63, 3.8) is 0 Å². The Kier molecular flexibility index (Phi) is 4.28. The lowest BCUT2D eigenvalue weighted by Crippen LogP contribution is -2.13. The number of hydrogen-bond donors (Lipinski definition) is 1. The van der Waals surface area contributed by atoms with E-state index in [1.54, 1.807) is 6.07 Å². The van der Waals surface area contributed by atoms with Crippen LogP contribution in [0.15, 0.2) is 42.5 Å². The minimum Gasteiger partial charge on any atom is -0.313 e. The van der Waals surface area contributed by atoms with Crippen molar-refractivity contribution in [2.24, 2.45) is 0 Å². The molecule has 0 aliphatic heterocycles. The SMILES string of the molecule is CNC(C)c1ccccc1-c1cc(Cl)cc(Cl)c1. The molecule has 0 bridgehead atoms. The van der Waals surface area contributed by atoms with Crippen LogP contribution in [0, 0.1) is 0 Å². The van der Waals surface area contributed by atoms with E-state index in [1.165, 1.54) is 5.56 Å². The molecule has 1 unspecified atom stereocenters. The molecular formula is C15H15Cl2N. The third kappa shape index (κ3) is 2.86. The summed E-state index contributed by atoms with van der Waals surface area (Å²) in [6.45, 7) is 2.13. The van der Waals surface area contributed by atoms with Crippen molar-refractivity contribution in [2.45, 2.75) is 13.0 Å². The van der Waals surface area contributed by atoms with E-state index < -0.39 is 0 Å². The van der Waals surface area contributed by atoms with Gasteiger partial charge in [0, 0.05) is 16.1 Å². The van der Waals surface area contributed by atoms with Gasteiger partial charge in [0.15, 0.2) is 0 Å². The number of benzene rings is 2. The summed E-state index contributed by atoms with van der Waals surface area (Å²) in [7, 11) is 1.95. The van der Waals surface area contributed by atoms with Crippen molar-refractivity contribution in [3.05, 3.63) is 58.1 Å². The molecule has 3 heteroatoms. The van der Waals surface area contributed by atoms with Crippen LogP contribution >= 0.6 is 23.2 Å². The third-order valence-corrected chi connectivity index (χ3v) is 3.47. The van der Waals surface area contributed by atoms with E-state index in [2.05, 4.69) is 24.4 Å². The molecule has 0 radical (unpaired) electrons. The number of nitrogens with one attached hydrogen (secondary N) is 1. The Bertz CT molecular complexity index is 532. The first-order valence-corrected chi connectivity index (χ1v) is 6.60. The molecule has 94 valence electrons. The lowest BCUT2D eigenvalue weighted by Gasteiger charge is -2.16. The van der Waals surface area contributed by atoms with Gasteiger partial charge in [-0.05, 0) is 48.9 Å². The van der Waals surface area contributed by atoms with Gasteiger partial charge in [0.25, 0.3) is 0 Å². The summed E-state index contributed by atoms with van der Waals surface area (Å²) in [5, 5.41) is 4.57. The minimum absolute atomic E-state index is 0.277. The maximum atomic E-state index is 6.07. The van der Waals surface area contributed by atoms with Crippen LogP contribution in [0.5, 0.6) is 0 Å². The topological polar surface area (TPSA) is 12.0 Å². The first-order valence-electron chi connectivity index (χ1n) is 5.84.